The Morgan fingerprint density at radius 3 is 2.50 bits per heavy atom. The van der Waals surface area contributed by atoms with Crippen LogP contribution in [0.25, 0.3) is 6.08 Å². The van der Waals surface area contributed by atoms with Crippen molar-refractivity contribution in [2.24, 2.45) is 0 Å². The number of rotatable bonds is 4. The standard InChI is InChI=1S/C23H16O5/c1-26-23(25)16-10-11-20-19(14-16)22(24)21(28-20)13-15-6-5-9-18(12-15)27-17-7-3-2-4-8-17/h2-14H,1H3/b21-13-. The van der Waals surface area contributed by atoms with E-state index in [1.165, 1.54) is 13.2 Å². The Balaban J connectivity index is 1.59. The molecule has 0 fully saturated rings. The fourth-order valence-electron chi connectivity index (χ4n) is 2.88. The van der Waals surface area contributed by atoms with Gasteiger partial charge in [0.1, 0.15) is 17.2 Å². The third-order valence-corrected chi connectivity index (χ3v) is 4.22. The topological polar surface area (TPSA) is 61.8 Å². The number of fused-ring (bicyclic) bond motifs is 1. The van der Waals surface area contributed by atoms with Crippen LogP contribution in [-0.4, -0.2) is 18.9 Å². The summed E-state index contributed by atoms with van der Waals surface area (Å²) in [6.45, 7) is 0. The van der Waals surface area contributed by atoms with Gasteiger partial charge < -0.3 is 14.2 Å². The Hall–Kier alpha value is -3.86. The molecule has 0 bridgehead atoms. The number of hydrogen-bond acceptors (Lipinski definition) is 5. The predicted octanol–water partition coefficient (Wildman–Crippen LogP) is 4.88. The number of ketones is 1. The minimum absolute atomic E-state index is 0.189. The SMILES string of the molecule is COC(=O)c1ccc2c(c1)C(=O)/C(=C/c1cccc(Oc3ccccc3)c1)O2. The first-order valence-corrected chi connectivity index (χ1v) is 8.63. The number of para-hydroxylation sites is 1. The number of carbonyl (C=O) groups is 2. The second kappa shape index (κ2) is 7.40. The monoisotopic (exact) mass is 372 g/mol. The third kappa shape index (κ3) is 3.50. The van der Waals surface area contributed by atoms with Crippen LogP contribution in [0, 0.1) is 0 Å². The Morgan fingerprint density at radius 2 is 1.71 bits per heavy atom. The zero-order valence-electron chi connectivity index (χ0n) is 15.0. The molecule has 3 aromatic rings. The lowest BCUT2D eigenvalue weighted by molar-refractivity contribution is 0.0600. The normalized spacial score (nSPS) is 13.8. The molecule has 1 aliphatic heterocycles. The molecule has 0 spiro atoms. The lowest BCUT2D eigenvalue weighted by Crippen LogP contribution is -2.02. The van der Waals surface area contributed by atoms with Crippen LogP contribution < -0.4 is 9.47 Å². The van der Waals surface area contributed by atoms with E-state index in [4.69, 9.17) is 14.2 Å². The molecule has 138 valence electrons. The molecule has 1 heterocycles. The van der Waals surface area contributed by atoms with E-state index in [9.17, 15) is 9.59 Å². The molecule has 1 aliphatic rings. The molecule has 0 aromatic heterocycles. The maximum atomic E-state index is 12.7. The van der Waals surface area contributed by atoms with Crippen molar-refractivity contribution < 1.29 is 23.8 Å². The van der Waals surface area contributed by atoms with Crippen LogP contribution in [0.1, 0.15) is 26.3 Å². The molecule has 0 amide bonds. The van der Waals surface area contributed by atoms with Crippen LogP contribution in [-0.2, 0) is 4.74 Å². The van der Waals surface area contributed by atoms with E-state index in [2.05, 4.69) is 0 Å². The fourth-order valence-corrected chi connectivity index (χ4v) is 2.88. The summed E-state index contributed by atoms with van der Waals surface area (Å²) < 4.78 is 16.2. The second-order valence-corrected chi connectivity index (χ2v) is 6.13. The van der Waals surface area contributed by atoms with E-state index in [1.807, 2.05) is 54.6 Å². The van der Waals surface area contributed by atoms with E-state index in [1.54, 1.807) is 18.2 Å². The second-order valence-electron chi connectivity index (χ2n) is 6.13. The molecular weight excluding hydrogens is 356 g/mol. The van der Waals surface area contributed by atoms with Crippen molar-refractivity contribution in [2.45, 2.75) is 0 Å². The molecule has 0 N–H and O–H groups in total. The molecule has 28 heavy (non-hydrogen) atoms. The van der Waals surface area contributed by atoms with Gasteiger partial charge in [0.15, 0.2) is 5.76 Å². The molecule has 0 radical (unpaired) electrons. The number of ether oxygens (including phenoxy) is 3. The Bertz CT molecular complexity index is 1080. The summed E-state index contributed by atoms with van der Waals surface area (Å²) in [7, 11) is 1.30. The number of benzene rings is 3. The van der Waals surface area contributed by atoms with Gasteiger partial charge in [-0.1, -0.05) is 30.3 Å². The van der Waals surface area contributed by atoms with Crippen molar-refractivity contribution in [3.63, 3.8) is 0 Å². The van der Waals surface area contributed by atoms with Crippen molar-refractivity contribution in [1.82, 2.24) is 0 Å². The van der Waals surface area contributed by atoms with E-state index in [-0.39, 0.29) is 11.5 Å². The van der Waals surface area contributed by atoms with E-state index < -0.39 is 5.97 Å². The van der Waals surface area contributed by atoms with Gasteiger partial charge in [0.2, 0.25) is 5.78 Å². The van der Waals surface area contributed by atoms with E-state index in [0.717, 1.165) is 11.3 Å². The maximum Gasteiger partial charge on any atom is 0.337 e. The molecule has 5 heteroatoms. The molecule has 0 saturated carbocycles. The van der Waals surface area contributed by atoms with Gasteiger partial charge in [-0.05, 0) is 54.1 Å². The summed E-state index contributed by atoms with van der Waals surface area (Å²) in [6, 6.07) is 21.4. The van der Waals surface area contributed by atoms with E-state index in [0.29, 0.717) is 22.6 Å². The van der Waals surface area contributed by atoms with Crippen molar-refractivity contribution in [3.8, 4) is 17.2 Å². The highest BCUT2D eigenvalue weighted by atomic mass is 16.5. The highest BCUT2D eigenvalue weighted by molar-refractivity contribution is 6.15. The Morgan fingerprint density at radius 1 is 0.929 bits per heavy atom. The summed E-state index contributed by atoms with van der Waals surface area (Å²) in [4.78, 5) is 24.3. The summed E-state index contributed by atoms with van der Waals surface area (Å²) in [5.41, 5.74) is 1.40. The Labute approximate surface area is 161 Å². The Kier molecular flexibility index (Phi) is 4.64. The van der Waals surface area contributed by atoms with Gasteiger partial charge in [0.05, 0.1) is 18.2 Å². The van der Waals surface area contributed by atoms with Crippen LogP contribution in [0.5, 0.6) is 17.2 Å². The molecular formula is C23H16O5. The quantitative estimate of drug-likeness (QED) is 0.482. The minimum Gasteiger partial charge on any atom is -0.465 e. The molecule has 0 unspecified atom stereocenters. The van der Waals surface area contributed by atoms with Crippen LogP contribution in [0.2, 0.25) is 0 Å². The van der Waals surface area contributed by atoms with Crippen LogP contribution in [0.4, 0.5) is 0 Å². The first-order valence-electron chi connectivity index (χ1n) is 8.63. The minimum atomic E-state index is -0.501. The highest BCUT2D eigenvalue weighted by Crippen LogP contribution is 2.33. The van der Waals surface area contributed by atoms with Crippen LogP contribution in [0.15, 0.2) is 78.6 Å². The third-order valence-electron chi connectivity index (χ3n) is 4.22. The van der Waals surface area contributed by atoms with Gasteiger partial charge >= 0.3 is 5.97 Å². The molecule has 0 aliphatic carbocycles. The average molecular weight is 372 g/mol. The smallest absolute Gasteiger partial charge is 0.337 e. The van der Waals surface area contributed by atoms with Crippen molar-refractivity contribution >= 4 is 17.8 Å². The maximum absolute atomic E-state index is 12.7. The van der Waals surface area contributed by atoms with Gasteiger partial charge in [0.25, 0.3) is 0 Å². The van der Waals surface area contributed by atoms with Crippen LogP contribution in [0.3, 0.4) is 0 Å². The number of Topliss-reactive ketones (excluding diaryl/α,β-unsaturated/α-hetero) is 1. The van der Waals surface area contributed by atoms with Crippen molar-refractivity contribution in [2.75, 3.05) is 7.11 Å². The summed E-state index contributed by atoms with van der Waals surface area (Å²) in [5, 5.41) is 0. The number of allylic oxidation sites excluding steroid dienone is 1. The van der Waals surface area contributed by atoms with Gasteiger partial charge in [0, 0.05) is 0 Å². The number of hydrogen-bond donors (Lipinski definition) is 0. The summed E-state index contributed by atoms with van der Waals surface area (Å²) >= 11 is 0. The first-order chi connectivity index (χ1) is 13.6. The first kappa shape index (κ1) is 17.5. The van der Waals surface area contributed by atoms with Gasteiger partial charge in [-0.25, -0.2) is 4.79 Å². The summed E-state index contributed by atoms with van der Waals surface area (Å²) in [5.74, 6) is 1.20. The van der Waals surface area contributed by atoms with Crippen molar-refractivity contribution in [1.29, 1.82) is 0 Å². The van der Waals surface area contributed by atoms with Crippen molar-refractivity contribution in [3.05, 3.63) is 95.2 Å². The highest BCUT2D eigenvalue weighted by Gasteiger charge is 2.28. The van der Waals surface area contributed by atoms with Gasteiger partial charge in [-0.15, -0.1) is 0 Å². The number of esters is 1. The molecule has 3 aromatic carbocycles. The molecule has 0 saturated heterocycles. The van der Waals surface area contributed by atoms with Gasteiger partial charge in [-0.3, -0.25) is 4.79 Å². The predicted molar refractivity (Wildman–Crippen MR) is 104 cm³/mol. The zero-order valence-corrected chi connectivity index (χ0v) is 15.0. The van der Waals surface area contributed by atoms with Gasteiger partial charge in [-0.2, -0.15) is 0 Å². The average Bonchev–Trinajstić information content (AvgIpc) is 3.03. The molecule has 4 rings (SSSR count). The lowest BCUT2D eigenvalue weighted by Gasteiger charge is -2.06. The summed E-state index contributed by atoms with van der Waals surface area (Å²) in [6.07, 6.45) is 1.65. The fraction of sp³-hybridized carbons (Fsp3) is 0.0435. The van der Waals surface area contributed by atoms with Crippen LogP contribution >= 0.6 is 0 Å². The lowest BCUT2D eigenvalue weighted by atomic mass is 10.1. The number of carbonyl (C=O) groups excluding carboxylic acids is 2. The zero-order chi connectivity index (χ0) is 19.5. The number of methoxy groups -OCH3 is 1. The molecule has 0 atom stereocenters. The molecule has 5 nitrogen and oxygen atoms in total. The largest absolute Gasteiger partial charge is 0.465 e. The van der Waals surface area contributed by atoms with E-state index >= 15 is 0 Å².